The second-order valence-corrected chi connectivity index (χ2v) is 4.50. The van der Waals surface area contributed by atoms with Crippen molar-refractivity contribution in [1.29, 1.82) is 0 Å². The predicted molar refractivity (Wildman–Crippen MR) is 65.2 cm³/mol. The molecule has 0 aliphatic rings. The smallest absolute Gasteiger partial charge is 0.0952 e. The van der Waals surface area contributed by atoms with Crippen molar-refractivity contribution in [2.75, 3.05) is 13.2 Å². The van der Waals surface area contributed by atoms with E-state index in [2.05, 4.69) is 30.3 Å². The van der Waals surface area contributed by atoms with Crippen LogP contribution in [-0.4, -0.2) is 22.8 Å². The lowest BCUT2D eigenvalue weighted by Crippen LogP contribution is -2.23. The summed E-state index contributed by atoms with van der Waals surface area (Å²) in [5.41, 5.74) is 7.23. The molecular formula is C12H23N3O. The first-order valence-corrected chi connectivity index (χ1v) is 5.93. The van der Waals surface area contributed by atoms with Gasteiger partial charge >= 0.3 is 0 Å². The maximum absolute atomic E-state index is 6.15. The second-order valence-electron chi connectivity index (χ2n) is 4.50. The third-order valence-corrected chi connectivity index (χ3v) is 2.79. The fourth-order valence-electron chi connectivity index (χ4n) is 1.65. The molecule has 0 radical (unpaired) electrons. The maximum atomic E-state index is 6.15. The minimum absolute atomic E-state index is 0.0339. The average molecular weight is 225 g/mol. The first-order valence-electron chi connectivity index (χ1n) is 5.93. The molecule has 0 amide bonds. The molecule has 1 rings (SSSR count). The number of ether oxygens (including phenoxy) is 1. The molecular weight excluding hydrogens is 202 g/mol. The van der Waals surface area contributed by atoms with Crippen LogP contribution in [0.5, 0.6) is 0 Å². The topological polar surface area (TPSA) is 53.1 Å². The molecule has 0 fully saturated rings. The van der Waals surface area contributed by atoms with E-state index in [1.54, 1.807) is 0 Å². The Balaban J connectivity index is 2.77. The lowest BCUT2D eigenvalue weighted by molar-refractivity contribution is 0.117. The van der Waals surface area contributed by atoms with Crippen molar-refractivity contribution in [2.45, 2.75) is 39.8 Å². The molecule has 4 nitrogen and oxygen atoms in total. The quantitative estimate of drug-likeness (QED) is 0.807. The number of rotatable bonds is 6. The summed E-state index contributed by atoms with van der Waals surface area (Å²) in [6, 6.07) is 0.314. The van der Waals surface area contributed by atoms with Gasteiger partial charge in [0.25, 0.3) is 0 Å². The number of aromatic nitrogens is 2. The summed E-state index contributed by atoms with van der Waals surface area (Å²) in [7, 11) is 0. The van der Waals surface area contributed by atoms with E-state index in [0.717, 1.165) is 12.3 Å². The maximum Gasteiger partial charge on any atom is 0.0952 e. The molecule has 0 aromatic carbocycles. The highest BCUT2D eigenvalue weighted by atomic mass is 16.5. The van der Waals surface area contributed by atoms with Crippen LogP contribution in [0.15, 0.2) is 12.5 Å². The van der Waals surface area contributed by atoms with Gasteiger partial charge in [-0.15, -0.1) is 0 Å². The van der Waals surface area contributed by atoms with Crippen molar-refractivity contribution < 1.29 is 4.74 Å². The summed E-state index contributed by atoms with van der Waals surface area (Å²) < 4.78 is 7.54. The summed E-state index contributed by atoms with van der Waals surface area (Å²) in [5.74, 6) is 0.412. The van der Waals surface area contributed by atoms with Crippen LogP contribution in [0.1, 0.15) is 45.5 Å². The monoisotopic (exact) mass is 225 g/mol. The molecule has 1 heterocycles. The van der Waals surface area contributed by atoms with Gasteiger partial charge in [0, 0.05) is 18.8 Å². The molecule has 0 spiro atoms. The van der Waals surface area contributed by atoms with Crippen molar-refractivity contribution >= 4 is 0 Å². The van der Waals surface area contributed by atoms with Crippen molar-refractivity contribution in [1.82, 2.24) is 9.55 Å². The van der Waals surface area contributed by atoms with Gasteiger partial charge in [0.05, 0.1) is 24.7 Å². The summed E-state index contributed by atoms with van der Waals surface area (Å²) in [5, 5.41) is 0. The van der Waals surface area contributed by atoms with Crippen LogP contribution >= 0.6 is 0 Å². The molecule has 1 aromatic rings. The zero-order valence-electron chi connectivity index (χ0n) is 10.7. The normalized spacial score (nSPS) is 15.4. The standard InChI is InChI=1S/C12H23N3O/c1-5-16-7-10(4)15-8-14-6-11(15)12(13)9(2)3/h6,8-10,12H,5,7,13H2,1-4H3. The van der Waals surface area contributed by atoms with Gasteiger partial charge in [-0.1, -0.05) is 13.8 Å². The molecule has 92 valence electrons. The Morgan fingerprint density at radius 3 is 2.69 bits per heavy atom. The predicted octanol–water partition coefficient (Wildman–Crippen LogP) is 2.14. The average Bonchev–Trinajstić information content (AvgIpc) is 2.73. The van der Waals surface area contributed by atoms with E-state index in [1.807, 2.05) is 19.4 Å². The van der Waals surface area contributed by atoms with Gasteiger partial charge in [-0.3, -0.25) is 0 Å². The van der Waals surface area contributed by atoms with E-state index in [1.165, 1.54) is 0 Å². The fraction of sp³-hybridized carbons (Fsp3) is 0.750. The highest BCUT2D eigenvalue weighted by Gasteiger charge is 2.17. The Bertz CT molecular complexity index is 309. The number of imidazole rings is 1. The molecule has 1 aromatic heterocycles. The van der Waals surface area contributed by atoms with E-state index in [4.69, 9.17) is 10.5 Å². The van der Waals surface area contributed by atoms with E-state index >= 15 is 0 Å². The Morgan fingerprint density at radius 2 is 2.12 bits per heavy atom. The SMILES string of the molecule is CCOCC(C)n1cncc1C(N)C(C)C. The van der Waals surface area contributed by atoms with Crippen LogP contribution in [0.25, 0.3) is 0 Å². The van der Waals surface area contributed by atoms with Gasteiger partial charge in [0.1, 0.15) is 0 Å². The third kappa shape index (κ3) is 3.06. The molecule has 0 aliphatic carbocycles. The van der Waals surface area contributed by atoms with Crippen LogP contribution in [0.4, 0.5) is 0 Å². The highest BCUT2D eigenvalue weighted by Crippen LogP contribution is 2.21. The molecule has 0 saturated carbocycles. The molecule has 0 aliphatic heterocycles. The van der Waals surface area contributed by atoms with E-state index in [0.29, 0.717) is 12.5 Å². The van der Waals surface area contributed by atoms with Crippen LogP contribution in [0.3, 0.4) is 0 Å². The second kappa shape index (κ2) is 6.01. The van der Waals surface area contributed by atoms with Crippen LogP contribution < -0.4 is 5.73 Å². The van der Waals surface area contributed by atoms with Crippen molar-refractivity contribution in [3.63, 3.8) is 0 Å². The molecule has 2 atom stereocenters. The summed E-state index contributed by atoms with van der Waals surface area (Å²) in [6.07, 6.45) is 3.69. The summed E-state index contributed by atoms with van der Waals surface area (Å²) >= 11 is 0. The zero-order valence-corrected chi connectivity index (χ0v) is 10.7. The number of nitrogens with two attached hydrogens (primary N) is 1. The number of hydrogen-bond donors (Lipinski definition) is 1. The number of hydrogen-bond acceptors (Lipinski definition) is 3. The van der Waals surface area contributed by atoms with E-state index < -0.39 is 0 Å². The minimum Gasteiger partial charge on any atom is -0.380 e. The van der Waals surface area contributed by atoms with Gasteiger partial charge in [-0.05, 0) is 19.8 Å². The highest BCUT2D eigenvalue weighted by molar-refractivity contribution is 5.06. The van der Waals surface area contributed by atoms with Crippen LogP contribution in [-0.2, 0) is 4.74 Å². The largest absolute Gasteiger partial charge is 0.380 e. The first kappa shape index (κ1) is 13.2. The van der Waals surface area contributed by atoms with Gasteiger partial charge in [0.15, 0.2) is 0 Å². The molecule has 16 heavy (non-hydrogen) atoms. The first-order chi connectivity index (χ1) is 7.57. The molecule has 0 saturated heterocycles. The van der Waals surface area contributed by atoms with Gasteiger partial charge in [-0.25, -0.2) is 4.98 Å². The van der Waals surface area contributed by atoms with Gasteiger partial charge in [-0.2, -0.15) is 0 Å². The summed E-state index contributed by atoms with van der Waals surface area (Å²) in [4.78, 5) is 4.18. The lowest BCUT2D eigenvalue weighted by Gasteiger charge is -2.21. The van der Waals surface area contributed by atoms with Gasteiger partial charge in [0.2, 0.25) is 0 Å². The molecule has 0 bridgehead atoms. The fourth-order valence-corrected chi connectivity index (χ4v) is 1.65. The number of nitrogens with zero attached hydrogens (tertiary/aromatic N) is 2. The Hall–Kier alpha value is -0.870. The molecule has 2 unspecified atom stereocenters. The molecule has 4 heteroatoms. The van der Waals surface area contributed by atoms with Crippen molar-refractivity contribution in [3.8, 4) is 0 Å². The lowest BCUT2D eigenvalue weighted by atomic mass is 10.0. The Kier molecular flexibility index (Phi) is 4.96. The van der Waals surface area contributed by atoms with Crippen LogP contribution in [0.2, 0.25) is 0 Å². The van der Waals surface area contributed by atoms with E-state index in [9.17, 15) is 0 Å². The van der Waals surface area contributed by atoms with Crippen LogP contribution in [0, 0.1) is 5.92 Å². The third-order valence-electron chi connectivity index (χ3n) is 2.79. The van der Waals surface area contributed by atoms with E-state index in [-0.39, 0.29) is 12.1 Å². The Labute approximate surface area is 97.8 Å². The Morgan fingerprint density at radius 1 is 1.44 bits per heavy atom. The minimum atomic E-state index is 0.0339. The van der Waals surface area contributed by atoms with Crippen molar-refractivity contribution in [2.24, 2.45) is 11.7 Å². The van der Waals surface area contributed by atoms with Gasteiger partial charge < -0.3 is 15.0 Å². The molecule has 2 N–H and O–H groups in total. The van der Waals surface area contributed by atoms with Crippen molar-refractivity contribution in [3.05, 3.63) is 18.2 Å². The summed E-state index contributed by atoms with van der Waals surface area (Å²) in [6.45, 7) is 9.80. The zero-order chi connectivity index (χ0) is 12.1.